The highest BCUT2D eigenvalue weighted by molar-refractivity contribution is 5.42. The van der Waals surface area contributed by atoms with E-state index in [4.69, 9.17) is 10.8 Å². The molecule has 3 N–H and O–H groups in total. The summed E-state index contributed by atoms with van der Waals surface area (Å²) in [6, 6.07) is 3.48. The molecule has 1 heterocycles. The molecule has 1 aromatic heterocycles. The molecule has 0 unspecified atom stereocenters. The van der Waals surface area contributed by atoms with Crippen molar-refractivity contribution in [3.63, 3.8) is 0 Å². The molecule has 0 aromatic carbocycles. The van der Waals surface area contributed by atoms with Crippen LogP contribution in [0.3, 0.4) is 0 Å². The van der Waals surface area contributed by atoms with Crippen LogP contribution < -0.4 is 5.73 Å². The first kappa shape index (κ1) is 8.57. The van der Waals surface area contributed by atoms with Gasteiger partial charge in [0.2, 0.25) is 0 Å². The number of nitrogens with zero attached hydrogens (tertiary/aromatic N) is 1. The van der Waals surface area contributed by atoms with E-state index in [-0.39, 0.29) is 6.61 Å². The van der Waals surface area contributed by atoms with Gasteiger partial charge in [-0.25, -0.2) is 4.98 Å². The fourth-order valence-corrected chi connectivity index (χ4v) is 0.847. The van der Waals surface area contributed by atoms with Gasteiger partial charge in [0.15, 0.2) is 0 Å². The molecule has 1 aromatic rings. The summed E-state index contributed by atoms with van der Waals surface area (Å²) >= 11 is 0. The third-order valence-electron chi connectivity index (χ3n) is 1.41. The van der Waals surface area contributed by atoms with Crippen LogP contribution in [0.1, 0.15) is 11.3 Å². The molecule has 3 nitrogen and oxygen atoms in total. The average Bonchev–Trinajstić information content (AvgIpc) is 2.03. The molecule has 62 valence electrons. The quantitative estimate of drug-likeness (QED) is 0.540. The van der Waals surface area contributed by atoms with E-state index in [1.165, 1.54) is 0 Å². The Morgan fingerprint density at radius 2 is 2.33 bits per heavy atom. The molecule has 3 heteroatoms. The van der Waals surface area contributed by atoms with Crippen LogP contribution in [-0.2, 0) is 0 Å². The number of hydrogen-bond donors (Lipinski definition) is 2. The van der Waals surface area contributed by atoms with Crippen LogP contribution in [0.5, 0.6) is 0 Å². The SMILES string of the molecule is Cc1nc(N)ccc1C#CCO. The lowest BCUT2D eigenvalue weighted by molar-refractivity contribution is 0.350. The maximum Gasteiger partial charge on any atom is 0.123 e. The zero-order valence-electron chi connectivity index (χ0n) is 6.83. The second-order valence-electron chi connectivity index (χ2n) is 2.33. The molecule has 0 aliphatic heterocycles. The van der Waals surface area contributed by atoms with Gasteiger partial charge >= 0.3 is 0 Å². The maximum absolute atomic E-state index is 8.45. The summed E-state index contributed by atoms with van der Waals surface area (Å²) in [5.41, 5.74) is 7.04. The summed E-state index contributed by atoms with van der Waals surface area (Å²) in [5.74, 6) is 5.81. The normalized spacial score (nSPS) is 8.83. The molecule has 0 aliphatic rings. The van der Waals surface area contributed by atoms with Crippen molar-refractivity contribution in [1.82, 2.24) is 4.98 Å². The summed E-state index contributed by atoms with van der Waals surface area (Å²) in [7, 11) is 0. The molecule has 0 aliphatic carbocycles. The highest BCUT2D eigenvalue weighted by Crippen LogP contribution is 2.05. The first-order valence-corrected chi connectivity index (χ1v) is 3.57. The average molecular weight is 162 g/mol. The second kappa shape index (κ2) is 3.74. The van der Waals surface area contributed by atoms with Crippen molar-refractivity contribution in [3.8, 4) is 11.8 Å². The molecule has 0 bridgehead atoms. The van der Waals surface area contributed by atoms with E-state index in [2.05, 4.69) is 16.8 Å². The summed E-state index contributed by atoms with van der Waals surface area (Å²) in [4.78, 5) is 4.02. The zero-order chi connectivity index (χ0) is 8.97. The Morgan fingerprint density at radius 3 is 2.92 bits per heavy atom. The van der Waals surface area contributed by atoms with Gasteiger partial charge in [-0.2, -0.15) is 0 Å². The van der Waals surface area contributed by atoms with E-state index < -0.39 is 0 Å². The number of rotatable bonds is 0. The summed E-state index contributed by atoms with van der Waals surface area (Å²) in [6.07, 6.45) is 0. The summed E-state index contributed by atoms with van der Waals surface area (Å²) < 4.78 is 0. The van der Waals surface area contributed by atoms with Crippen LogP contribution >= 0.6 is 0 Å². The van der Waals surface area contributed by atoms with Crippen LogP contribution in [-0.4, -0.2) is 16.7 Å². The molecule has 0 spiro atoms. The van der Waals surface area contributed by atoms with E-state index in [0.29, 0.717) is 5.82 Å². The lowest BCUT2D eigenvalue weighted by Gasteiger charge is -1.97. The Labute approximate surface area is 71.2 Å². The van der Waals surface area contributed by atoms with E-state index in [1.54, 1.807) is 12.1 Å². The summed E-state index contributed by atoms with van der Waals surface area (Å²) in [6.45, 7) is 1.70. The lowest BCUT2D eigenvalue weighted by atomic mass is 10.2. The van der Waals surface area contributed by atoms with Crippen LogP contribution in [0.25, 0.3) is 0 Å². The van der Waals surface area contributed by atoms with Crippen LogP contribution in [0.15, 0.2) is 12.1 Å². The van der Waals surface area contributed by atoms with Crippen LogP contribution in [0.4, 0.5) is 5.82 Å². The molecule has 0 amide bonds. The van der Waals surface area contributed by atoms with Crippen molar-refractivity contribution in [2.75, 3.05) is 12.3 Å². The molecule has 0 atom stereocenters. The Balaban J connectivity index is 3.01. The van der Waals surface area contributed by atoms with Gasteiger partial charge in [-0.1, -0.05) is 11.8 Å². The number of aliphatic hydroxyl groups excluding tert-OH is 1. The van der Waals surface area contributed by atoms with E-state index in [9.17, 15) is 0 Å². The molecular formula is C9H10N2O. The molecule has 1 rings (SSSR count). The van der Waals surface area contributed by atoms with Crippen molar-refractivity contribution >= 4 is 5.82 Å². The van der Waals surface area contributed by atoms with Crippen LogP contribution in [0.2, 0.25) is 0 Å². The second-order valence-corrected chi connectivity index (χ2v) is 2.33. The van der Waals surface area contributed by atoms with Gasteiger partial charge in [0.05, 0.1) is 5.69 Å². The van der Waals surface area contributed by atoms with Gasteiger partial charge in [-0.05, 0) is 19.1 Å². The summed E-state index contributed by atoms with van der Waals surface area (Å²) in [5, 5.41) is 8.45. The number of nitrogens with two attached hydrogens (primary N) is 1. The van der Waals surface area contributed by atoms with E-state index in [1.807, 2.05) is 6.92 Å². The highest BCUT2D eigenvalue weighted by Gasteiger charge is 1.94. The van der Waals surface area contributed by atoms with Crippen molar-refractivity contribution in [2.45, 2.75) is 6.92 Å². The number of aliphatic hydroxyl groups is 1. The molecule has 0 saturated carbocycles. The van der Waals surface area contributed by atoms with Crippen molar-refractivity contribution < 1.29 is 5.11 Å². The molecule has 12 heavy (non-hydrogen) atoms. The number of aryl methyl sites for hydroxylation is 1. The van der Waals surface area contributed by atoms with Gasteiger partial charge in [0, 0.05) is 5.56 Å². The zero-order valence-corrected chi connectivity index (χ0v) is 6.83. The van der Waals surface area contributed by atoms with Gasteiger partial charge < -0.3 is 10.8 Å². The first-order valence-electron chi connectivity index (χ1n) is 3.57. The highest BCUT2D eigenvalue weighted by atomic mass is 16.2. The van der Waals surface area contributed by atoms with Crippen molar-refractivity contribution in [3.05, 3.63) is 23.4 Å². The Morgan fingerprint density at radius 1 is 1.58 bits per heavy atom. The third-order valence-corrected chi connectivity index (χ3v) is 1.41. The molecule has 0 radical (unpaired) electrons. The monoisotopic (exact) mass is 162 g/mol. The van der Waals surface area contributed by atoms with E-state index >= 15 is 0 Å². The first-order chi connectivity index (χ1) is 5.74. The van der Waals surface area contributed by atoms with Gasteiger partial charge in [-0.15, -0.1) is 0 Å². The largest absolute Gasteiger partial charge is 0.384 e. The minimum Gasteiger partial charge on any atom is -0.384 e. The number of pyridine rings is 1. The topological polar surface area (TPSA) is 59.1 Å². The lowest BCUT2D eigenvalue weighted by Crippen LogP contribution is -1.94. The standard InChI is InChI=1S/C9H10N2O/c1-7-8(3-2-6-12)4-5-9(10)11-7/h4-5,12H,6H2,1H3,(H2,10,11). The van der Waals surface area contributed by atoms with Gasteiger partial charge in [0.25, 0.3) is 0 Å². The van der Waals surface area contributed by atoms with Crippen LogP contribution in [0, 0.1) is 18.8 Å². The van der Waals surface area contributed by atoms with Crippen molar-refractivity contribution in [2.24, 2.45) is 0 Å². The number of aromatic nitrogens is 1. The fourth-order valence-electron chi connectivity index (χ4n) is 0.847. The molecule has 0 saturated heterocycles. The van der Waals surface area contributed by atoms with Gasteiger partial charge in [-0.3, -0.25) is 0 Å². The minimum absolute atomic E-state index is 0.135. The minimum atomic E-state index is -0.135. The smallest absolute Gasteiger partial charge is 0.123 e. The molecule has 0 fully saturated rings. The van der Waals surface area contributed by atoms with E-state index in [0.717, 1.165) is 11.3 Å². The predicted molar refractivity (Wildman–Crippen MR) is 47.4 cm³/mol. The maximum atomic E-state index is 8.45. The Kier molecular flexibility index (Phi) is 2.67. The van der Waals surface area contributed by atoms with Gasteiger partial charge in [0.1, 0.15) is 12.4 Å². The third kappa shape index (κ3) is 1.97. The molecular weight excluding hydrogens is 152 g/mol. The number of hydrogen-bond acceptors (Lipinski definition) is 3. The number of anilines is 1. The Hall–Kier alpha value is -1.53. The predicted octanol–water partition coefficient (Wildman–Crippen LogP) is 0.316. The number of nitrogen functional groups attached to an aromatic ring is 1. The van der Waals surface area contributed by atoms with Crippen molar-refractivity contribution in [1.29, 1.82) is 0 Å². The fraction of sp³-hybridized carbons (Fsp3) is 0.222. The Bertz CT molecular complexity index is 336.